The van der Waals surface area contributed by atoms with Crippen LogP contribution >= 0.6 is 0 Å². The average Bonchev–Trinajstić information content (AvgIpc) is 2.08. The zero-order chi connectivity index (χ0) is 9.98. The van der Waals surface area contributed by atoms with Crippen LogP contribution in [-0.4, -0.2) is 24.0 Å². The standard InChI is InChI=1S/C9H20N.C2H5.Zn/c1-5-7-10(8-6-2)9(3)4;1-2;/h9H,1,5-8H2,2-4H3;1H2,2H3;/q2*-1;+2. The molecule has 0 aliphatic rings. The van der Waals surface area contributed by atoms with Crippen molar-refractivity contribution in [2.24, 2.45) is 0 Å². The predicted molar refractivity (Wildman–Crippen MR) is 58.0 cm³/mol. The van der Waals surface area contributed by atoms with E-state index in [1.807, 2.05) is 0 Å². The quantitative estimate of drug-likeness (QED) is 0.524. The van der Waals surface area contributed by atoms with Gasteiger partial charge in [-0.3, -0.25) is 0 Å². The molecule has 0 spiro atoms. The Morgan fingerprint density at radius 2 is 1.62 bits per heavy atom. The maximum Gasteiger partial charge on any atom is 2.00 e. The molecule has 0 unspecified atom stereocenters. The van der Waals surface area contributed by atoms with E-state index in [0.29, 0.717) is 6.04 Å². The number of hydrogen-bond donors (Lipinski definition) is 0. The molecule has 2 heteroatoms. The van der Waals surface area contributed by atoms with Gasteiger partial charge < -0.3 is 18.7 Å². The van der Waals surface area contributed by atoms with Gasteiger partial charge in [0.05, 0.1) is 0 Å². The van der Waals surface area contributed by atoms with Gasteiger partial charge in [0.15, 0.2) is 0 Å². The smallest absolute Gasteiger partial charge is 0.346 e. The van der Waals surface area contributed by atoms with E-state index in [-0.39, 0.29) is 19.5 Å². The van der Waals surface area contributed by atoms with Crippen LogP contribution in [0.2, 0.25) is 0 Å². The Kier molecular flexibility index (Phi) is 22.3. The van der Waals surface area contributed by atoms with E-state index in [1.54, 1.807) is 6.92 Å². The third kappa shape index (κ3) is 12.6. The molecule has 76 valence electrons. The molecule has 0 heterocycles. The van der Waals surface area contributed by atoms with E-state index in [2.05, 4.69) is 39.5 Å². The normalized spacial score (nSPS) is 9.23. The molecule has 0 aliphatic heterocycles. The Morgan fingerprint density at radius 3 is 1.85 bits per heavy atom. The number of hydrogen-bond acceptors (Lipinski definition) is 1. The van der Waals surface area contributed by atoms with Gasteiger partial charge in [-0.2, -0.15) is 13.3 Å². The Labute approximate surface area is 98.0 Å². The van der Waals surface area contributed by atoms with E-state index < -0.39 is 0 Å². The summed E-state index contributed by atoms with van der Waals surface area (Å²) >= 11 is 0. The molecule has 0 N–H and O–H groups in total. The molecule has 0 fully saturated rings. The summed E-state index contributed by atoms with van der Waals surface area (Å²) in [5.41, 5.74) is 0. The first-order valence-electron chi connectivity index (χ1n) is 4.96. The summed E-state index contributed by atoms with van der Waals surface area (Å²) in [6, 6.07) is 0.682. The third-order valence-electron chi connectivity index (χ3n) is 1.69. The van der Waals surface area contributed by atoms with Crippen LogP contribution in [0, 0.1) is 13.8 Å². The molecule has 0 amide bonds. The Morgan fingerprint density at radius 1 is 1.15 bits per heavy atom. The van der Waals surface area contributed by atoms with Crippen LogP contribution < -0.4 is 0 Å². The zero-order valence-corrected chi connectivity index (χ0v) is 12.9. The van der Waals surface area contributed by atoms with Crippen LogP contribution in [0.1, 0.15) is 40.5 Å². The number of nitrogens with zero attached hydrogens (tertiary/aromatic N) is 1. The van der Waals surface area contributed by atoms with Crippen molar-refractivity contribution in [2.75, 3.05) is 13.1 Å². The van der Waals surface area contributed by atoms with Gasteiger partial charge in [0.25, 0.3) is 0 Å². The SMILES string of the molecule is [CH2-]C.[CH2-]CCN(CCC)C(C)C.[Zn+2]. The largest absolute Gasteiger partial charge is 2.00 e. The van der Waals surface area contributed by atoms with Crippen molar-refractivity contribution in [1.82, 2.24) is 4.90 Å². The fourth-order valence-corrected chi connectivity index (χ4v) is 1.12. The minimum Gasteiger partial charge on any atom is -0.346 e. The van der Waals surface area contributed by atoms with Gasteiger partial charge in [0, 0.05) is 6.04 Å². The van der Waals surface area contributed by atoms with Crippen molar-refractivity contribution < 1.29 is 19.5 Å². The predicted octanol–water partition coefficient (Wildman–Crippen LogP) is 3.17. The molecule has 0 rings (SSSR count). The monoisotopic (exact) mass is 235 g/mol. The van der Waals surface area contributed by atoms with Crippen LogP contribution in [0.4, 0.5) is 0 Å². The van der Waals surface area contributed by atoms with Gasteiger partial charge >= 0.3 is 19.5 Å². The van der Waals surface area contributed by atoms with Gasteiger partial charge in [-0.1, -0.05) is 6.92 Å². The Bertz CT molecular complexity index is 68.5. The number of rotatable bonds is 5. The minimum absolute atomic E-state index is 0. The first-order chi connectivity index (χ1) is 5.72. The fourth-order valence-electron chi connectivity index (χ4n) is 1.12. The summed E-state index contributed by atoms with van der Waals surface area (Å²) in [5.74, 6) is 0. The van der Waals surface area contributed by atoms with E-state index in [0.717, 1.165) is 13.0 Å². The molecule has 0 saturated heterocycles. The van der Waals surface area contributed by atoms with Crippen LogP contribution in [0.3, 0.4) is 0 Å². The Hall–Kier alpha value is 0.583. The van der Waals surface area contributed by atoms with E-state index >= 15 is 0 Å². The van der Waals surface area contributed by atoms with Crippen molar-refractivity contribution in [3.05, 3.63) is 13.8 Å². The average molecular weight is 237 g/mol. The van der Waals surface area contributed by atoms with Crippen molar-refractivity contribution >= 4 is 0 Å². The second-order valence-corrected chi connectivity index (χ2v) is 2.98. The van der Waals surface area contributed by atoms with E-state index in [1.165, 1.54) is 13.0 Å². The van der Waals surface area contributed by atoms with Crippen LogP contribution in [-0.2, 0) is 19.5 Å². The molecule has 0 bridgehead atoms. The molecule has 13 heavy (non-hydrogen) atoms. The molecule has 0 saturated carbocycles. The fraction of sp³-hybridized carbons (Fsp3) is 0.818. The topological polar surface area (TPSA) is 3.24 Å². The maximum absolute atomic E-state index is 3.85. The first-order valence-corrected chi connectivity index (χ1v) is 4.96. The Balaban J connectivity index is -0.000000309. The molecule has 0 aromatic heterocycles. The second kappa shape index (κ2) is 15.1. The molecule has 0 radical (unpaired) electrons. The summed E-state index contributed by atoms with van der Waals surface area (Å²) in [6.45, 7) is 17.9. The maximum atomic E-state index is 3.85. The molecule has 1 nitrogen and oxygen atoms in total. The van der Waals surface area contributed by atoms with Gasteiger partial charge in [0.2, 0.25) is 0 Å². The van der Waals surface area contributed by atoms with Gasteiger partial charge in [-0.25, -0.2) is 0 Å². The van der Waals surface area contributed by atoms with Crippen molar-refractivity contribution in [3.63, 3.8) is 0 Å². The van der Waals surface area contributed by atoms with E-state index in [9.17, 15) is 0 Å². The molecule has 0 aromatic rings. The molecule has 0 aliphatic carbocycles. The molecule has 0 aromatic carbocycles. The van der Waals surface area contributed by atoms with Crippen LogP contribution in [0.25, 0.3) is 0 Å². The summed E-state index contributed by atoms with van der Waals surface area (Å²) < 4.78 is 0. The molecule has 0 atom stereocenters. The minimum atomic E-state index is 0. The summed E-state index contributed by atoms with van der Waals surface area (Å²) in [5, 5.41) is 0. The van der Waals surface area contributed by atoms with Crippen molar-refractivity contribution in [2.45, 2.75) is 46.6 Å². The van der Waals surface area contributed by atoms with Crippen molar-refractivity contribution in [3.8, 4) is 0 Å². The zero-order valence-electron chi connectivity index (χ0n) is 9.97. The van der Waals surface area contributed by atoms with Crippen LogP contribution in [0.15, 0.2) is 0 Å². The second-order valence-electron chi connectivity index (χ2n) is 2.98. The molecular formula is C11H25NZn. The van der Waals surface area contributed by atoms with Gasteiger partial charge in [-0.15, -0.1) is 0 Å². The summed E-state index contributed by atoms with van der Waals surface area (Å²) in [6.07, 6.45) is 2.27. The van der Waals surface area contributed by atoms with Gasteiger partial charge in [-0.05, 0) is 33.4 Å². The summed E-state index contributed by atoms with van der Waals surface area (Å²) in [4.78, 5) is 2.47. The third-order valence-corrected chi connectivity index (χ3v) is 1.69. The van der Waals surface area contributed by atoms with Gasteiger partial charge in [0.1, 0.15) is 0 Å². The summed E-state index contributed by atoms with van der Waals surface area (Å²) in [7, 11) is 0. The van der Waals surface area contributed by atoms with Crippen LogP contribution in [0.5, 0.6) is 0 Å². The van der Waals surface area contributed by atoms with E-state index in [4.69, 9.17) is 0 Å². The first kappa shape index (κ1) is 19.2. The van der Waals surface area contributed by atoms with Crippen molar-refractivity contribution in [1.29, 1.82) is 0 Å². The molecular weight excluding hydrogens is 212 g/mol.